The van der Waals surface area contributed by atoms with E-state index in [1.165, 1.54) is 23.5 Å². The van der Waals surface area contributed by atoms with Crippen molar-refractivity contribution in [3.63, 3.8) is 0 Å². The van der Waals surface area contributed by atoms with Crippen LogP contribution in [0.25, 0.3) is 11.3 Å². The molecule has 0 aliphatic heterocycles. The first-order valence-electron chi connectivity index (χ1n) is 11.3. The molecule has 1 atom stereocenters. The third-order valence-corrected chi connectivity index (χ3v) is 6.11. The van der Waals surface area contributed by atoms with Gasteiger partial charge in [-0.15, -0.1) is 11.3 Å². The summed E-state index contributed by atoms with van der Waals surface area (Å²) in [7, 11) is 1.81. The maximum absolute atomic E-state index is 13.4. The lowest BCUT2D eigenvalue weighted by molar-refractivity contribution is -0.118. The number of rotatable bonds is 10. The van der Waals surface area contributed by atoms with Crippen LogP contribution in [0.4, 0.5) is 16.0 Å². The second-order valence-electron chi connectivity index (χ2n) is 8.37. The van der Waals surface area contributed by atoms with Crippen LogP contribution in [-0.4, -0.2) is 38.7 Å². The zero-order valence-corrected chi connectivity index (χ0v) is 20.6. The summed E-state index contributed by atoms with van der Waals surface area (Å²) in [5.74, 6) is 0.819. The Bertz CT molecular complexity index is 1260. The number of anilines is 2. The Hall–Kier alpha value is -3.63. The average Bonchev–Trinajstić information content (AvgIpc) is 3.53. The molecular formula is C25H28FN7OS. The first-order chi connectivity index (χ1) is 16.9. The largest absolute Gasteiger partial charge is 0.373 e. The Morgan fingerprint density at radius 2 is 1.94 bits per heavy atom. The number of carbonyl (C=O) groups excluding carboxylic acids is 1. The first kappa shape index (κ1) is 24.5. The van der Waals surface area contributed by atoms with E-state index in [9.17, 15) is 9.18 Å². The number of pyridine rings is 1. The van der Waals surface area contributed by atoms with Crippen LogP contribution in [0.5, 0.6) is 0 Å². The fourth-order valence-electron chi connectivity index (χ4n) is 3.63. The molecule has 1 aromatic carbocycles. The molecule has 0 aliphatic carbocycles. The Morgan fingerprint density at radius 1 is 1.14 bits per heavy atom. The van der Waals surface area contributed by atoms with Gasteiger partial charge in [0, 0.05) is 42.8 Å². The van der Waals surface area contributed by atoms with Crippen molar-refractivity contribution in [1.82, 2.24) is 25.1 Å². The van der Waals surface area contributed by atoms with Gasteiger partial charge in [0.2, 0.25) is 5.91 Å². The number of halogens is 1. The highest BCUT2D eigenvalue weighted by atomic mass is 32.1. The van der Waals surface area contributed by atoms with Crippen molar-refractivity contribution in [2.24, 2.45) is 0 Å². The van der Waals surface area contributed by atoms with E-state index in [4.69, 9.17) is 5.10 Å². The highest BCUT2D eigenvalue weighted by molar-refractivity contribution is 7.07. The summed E-state index contributed by atoms with van der Waals surface area (Å²) in [6.45, 7) is 4.46. The summed E-state index contributed by atoms with van der Waals surface area (Å²) < 4.78 is 15.2. The van der Waals surface area contributed by atoms with E-state index in [0.29, 0.717) is 18.8 Å². The number of aromatic nitrogens is 4. The maximum atomic E-state index is 13.4. The predicted octanol–water partition coefficient (Wildman–Crippen LogP) is 4.50. The number of hydrogen-bond donors (Lipinski definition) is 3. The smallest absolute Gasteiger partial charge is 0.243 e. The van der Waals surface area contributed by atoms with Gasteiger partial charge in [-0.05, 0) is 50.1 Å². The van der Waals surface area contributed by atoms with Gasteiger partial charge in [-0.2, -0.15) is 5.10 Å². The van der Waals surface area contributed by atoms with Crippen molar-refractivity contribution in [2.45, 2.75) is 38.9 Å². The average molecular weight is 494 g/mol. The van der Waals surface area contributed by atoms with Crippen molar-refractivity contribution in [1.29, 1.82) is 0 Å². The van der Waals surface area contributed by atoms with Crippen molar-refractivity contribution in [2.75, 3.05) is 17.7 Å². The number of benzene rings is 1. The Labute approximate surface area is 207 Å². The van der Waals surface area contributed by atoms with Crippen LogP contribution in [0.1, 0.15) is 31.1 Å². The Balaban J connectivity index is 1.57. The van der Waals surface area contributed by atoms with Gasteiger partial charge in [0.1, 0.15) is 17.5 Å². The first-order valence-corrected chi connectivity index (χ1v) is 12.3. The monoisotopic (exact) mass is 493 g/mol. The maximum Gasteiger partial charge on any atom is 0.243 e. The highest BCUT2D eigenvalue weighted by Gasteiger charge is 2.22. The van der Waals surface area contributed by atoms with E-state index < -0.39 is 6.04 Å². The van der Waals surface area contributed by atoms with Crippen molar-refractivity contribution in [3.8, 4) is 11.3 Å². The zero-order valence-electron chi connectivity index (χ0n) is 19.8. The van der Waals surface area contributed by atoms with Crippen molar-refractivity contribution >= 4 is 28.9 Å². The van der Waals surface area contributed by atoms with Crippen LogP contribution < -0.4 is 16.0 Å². The zero-order chi connectivity index (χ0) is 24.8. The van der Waals surface area contributed by atoms with Crippen LogP contribution >= 0.6 is 11.3 Å². The number of hydrogen-bond acceptors (Lipinski definition) is 7. The second kappa shape index (κ2) is 11.2. The minimum atomic E-state index is -0.557. The van der Waals surface area contributed by atoms with Gasteiger partial charge in [-0.3, -0.25) is 10.1 Å². The highest BCUT2D eigenvalue weighted by Crippen LogP contribution is 2.26. The van der Waals surface area contributed by atoms with Crippen LogP contribution in [0, 0.1) is 5.82 Å². The van der Waals surface area contributed by atoms with Gasteiger partial charge in [0.05, 0.1) is 22.9 Å². The molecule has 1 amide bonds. The number of amides is 1. The summed E-state index contributed by atoms with van der Waals surface area (Å²) in [5.41, 5.74) is 5.10. The molecule has 182 valence electrons. The van der Waals surface area contributed by atoms with Crippen molar-refractivity contribution < 1.29 is 9.18 Å². The number of nitrogens with one attached hydrogen (secondary N) is 3. The third kappa shape index (κ3) is 6.28. The van der Waals surface area contributed by atoms with Crippen LogP contribution in [0.3, 0.4) is 0 Å². The van der Waals surface area contributed by atoms with Gasteiger partial charge < -0.3 is 10.6 Å². The summed E-state index contributed by atoms with van der Waals surface area (Å²) in [5, 5.41) is 16.0. The minimum absolute atomic E-state index is 0.0307. The van der Waals surface area contributed by atoms with Gasteiger partial charge in [-0.1, -0.05) is 12.1 Å². The number of carbonyl (C=O) groups is 1. The topological polar surface area (TPSA) is 96.8 Å². The number of thiazole rings is 1. The Kier molecular flexibility index (Phi) is 7.84. The second-order valence-corrected chi connectivity index (χ2v) is 9.08. The summed E-state index contributed by atoms with van der Waals surface area (Å²) in [4.78, 5) is 22.0. The van der Waals surface area contributed by atoms with E-state index in [-0.39, 0.29) is 17.8 Å². The van der Waals surface area contributed by atoms with Gasteiger partial charge in [-0.25, -0.2) is 19.0 Å². The van der Waals surface area contributed by atoms with Crippen LogP contribution in [-0.2, 0) is 17.8 Å². The molecule has 0 saturated carbocycles. The molecule has 0 fully saturated rings. The molecule has 10 heteroatoms. The third-order valence-electron chi connectivity index (χ3n) is 5.47. The SMILES string of the molecule is CNc1cc(-c2cc(NC(=O)[C@H](Cc3ccc(F)cc3)NCc3cscn3)n(C(C)C)n2)ccn1. The molecule has 0 unspecified atom stereocenters. The molecule has 8 nitrogen and oxygen atoms in total. The fourth-order valence-corrected chi connectivity index (χ4v) is 4.19. The molecule has 4 aromatic rings. The standard InChI is InChI=1S/C25H28FN7OS/c1-16(2)33-24(12-21(32-33)18-8-9-28-23(11-18)27-3)31-25(34)22(29-13-20-14-35-15-30-20)10-17-4-6-19(26)7-5-17/h4-9,11-12,14-16,22,29H,10,13H2,1-3H3,(H,27,28)(H,31,34)/t22-/m0/s1. The van der Waals surface area contributed by atoms with Crippen LogP contribution in [0.2, 0.25) is 0 Å². The van der Waals surface area contributed by atoms with E-state index in [0.717, 1.165) is 28.3 Å². The Morgan fingerprint density at radius 3 is 2.63 bits per heavy atom. The van der Waals surface area contributed by atoms with Gasteiger partial charge in [0.25, 0.3) is 0 Å². The molecule has 4 rings (SSSR count). The normalized spacial score (nSPS) is 12.0. The molecule has 3 heterocycles. The van der Waals surface area contributed by atoms with Crippen molar-refractivity contribution in [3.05, 3.63) is 76.6 Å². The fraction of sp³-hybridized carbons (Fsp3) is 0.280. The van der Waals surface area contributed by atoms with E-state index >= 15 is 0 Å². The molecule has 0 bridgehead atoms. The molecule has 3 aromatic heterocycles. The van der Waals surface area contributed by atoms with E-state index in [1.807, 2.05) is 44.5 Å². The van der Waals surface area contributed by atoms with E-state index in [1.54, 1.807) is 28.5 Å². The summed E-state index contributed by atoms with van der Waals surface area (Å²) in [6.07, 6.45) is 2.11. The molecule has 0 radical (unpaired) electrons. The predicted molar refractivity (Wildman–Crippen MR) is 137 cm³/mol. The lowest BCUT2D eigenvalue weighted by atomic mass is 10.0. The number of nitrogens with zero attached hydrogens (tertiary/aromatic N) is 4. The summed E-state index contributed by atoms with van der Waals surface area (Å²) in [6, 6.07) is 11.3. The molecule has 35 heavy (non-hydrogen) atoms. The molecule has 0 aliphatic rings. The van der Waals surface area contributed by atoms with Gasteiger partial charge in [0.15, 0.2) is 0 Å². The lowest BCUT2D eigenvalue weighted by Gasteiger charge is -2.19. The molecular weight excluding hydrogens is 465 g/mol. The lowest BCUT2D eigenvalue weighted by Crippen LogP contribution is -2.42. The van der Waals surface area contributed by atoms with E-state index in [2.05, 4.69) is 25.9 Å². The van der Waals surface area contributed by atoms with Crippen LogP contribution in [0.15, 0.2) is 59.6 Å². The van der Waals surface area contributed by atoms with Gasteiger partial charge >= 0.3 is 0 Å². The quantitative estimate of drug-likeness (QED) is 0.301. The molecule has 0 saturated heterocycles. The molecule has 0 spiro atoms. The summed E-state index contributed by atoms with van der Waals surface area (Å²) >= 11 is 1.50. The molecule has 3 N–H and O–H groups in total. The minimum Gasteiger partial charge on any atom is -0.373 e.